The molecule has 0 fully saturated rings. The number of rotatable bonds is 4. The van der Waals surface area contributed by atoms with Crippen LogP contribution in [-0.4, -0.2) is 32.0 Å². The van der Waals surface area contributed by atoms with Gasteiger partial charge in [0.05, 0.1) is 0 Å². The second-order valence-electron chi connectivity index (χ2n) is 7.65. The SMILES string of the molecule is CCOc1cccc2c1[O][Sn]([c]1ccccc1)([c]1ccccc1)[O]c1c(Br)cc(Cl)cc1N=C2. The molecule has 0 amide bonds. The summed E-state index contributed by atoms with van der Waals surface area (Å²) in [4.78, 5) is 4.76. The van der Waals surface area contributed by atoms with Gasteiger partial charge in [-0.25, -0.2) is 0 Å². The second-order valence-corrected chi connectivity index (χ2v) is 16.9. The predicted octanol–water partition coefficient (Wildman–Crippen LogP) is 6.28. The van der Waals surface area contributed by atoms with E-state index in [2.05, 4.69) is 40.2 Å². The molecule has 4 aromatic rings. The average Bonchev–Trinajstić information content (AvgIpc) is 2.93. The Morgan fingerprint density at radius 3 is 2.15 bits per heavy atom. The van der Waals surface area contributed by atoms with Gasteiger partial charge in [0.15, 0.2) is 0 Å². The van der Waals surface area contributed by atoms with E-state index in [1.165, 1.54) is 0 Å². The van der Waals surface area contributed by atoms with Crippen molar-refractivity contribution in [2.75, 3.05) is 6.61 Å². The van der Waals surface area contributed by atoms with Crippen LogP contribution in [0.2, 0.25) is 5.02 Å². The Hall–Kier alpha value is -2.48. The van der Waals surface area contributed by atoms with Gasteiger partial charge in [-0.1, -0.05) is 0 Å². The van der Waals surface area contributed by atoms with E-state index in [-0.39, 0.29) is 0 Å². The third-order valence-electron chi connectivity index (χ3n) is 5.44. The van der Waals surface area contributed by atoms with Crippen LogP contribution in [0.25, 0.3) is 0 Å². The summed E-state index contributed by atoms with van der Waals surface area (Å²) in [5.41, 5.74) is 1.44. The fourth-order valence-electron chi connectivity index (χ4n) is 3.92. The Bertz CT molecular complexity index is 1310. The monoisotopic (exact) mass is 641 g/mol. The van der Waals surface area contributed by atoms with Crippen LogP contribution in [0, 0.1) is 0 Å². The van der Waals surface area contributed by atoms with E-state index in [0.29, 0.717) is 34.6 Å². The van der Waals surface area contributed by atoms with E-state index in [0.717, 1.165) is 17.2 Å². The molecule has 0 aliphatic carbocycles. The van der Waals surface area contributed by atoms with Gasteiger partial charge in [0, 0.05) is 0 Å². The summed E-state index contributed by atoms with van der Waals surface area (Å²) in [5, 5.41) is 0.565. The summed E-state index contributed by atoms with van der Waals surface area (Å²) in [7, 11) is 0. The van der Waals surface area contributed by atoms with E-state index in [4.69, 9.17) is 27.5 Å². The number of nitrogens with zero attached hydrogens (tertiary/aromatic N) is 1. The van der Waals surface area contributed by atoms with Gasteiger partial charge in [-0.3, -0.25) is 0 Å². The number of para-hydroxylation sites is 1. The first-order valence-corrected chi connectivity index (χ1v) is 17.2. The molecule has 0 saturated heterocycles. The fraction of sp³-hybridized carbons (Fsp3) is 0.0741. The zero-order valence-corrected chi connectivity index (χ0v) is 23.6. The van der Waals surface area contributed by atoms with E-state index < -0.39 is 19.2 Å². The van der Waals surface area contributed by atoms with Crippen LogP contribution in [-0.2, 0) is 0 Å². The minimum absolute atomic E-state index is 0.512. The molecule has 0 bridgehead atoms. The molecule has 4 nitrogen and oxygen atoms in total. The van der Waals surface area contributed by atoms with Crippen LogP contribution in [0.5, 0.6) is 17.2 Å². The van der Waals surface area contributed by atoms with Crippen LogP contribution in [0.3, 0.4) is 0 Å². The van der Waals surface area contributed by atoms with Gasteiger partial charge < -0.3 is 0 Å². The summed E-state index contributed by atoms with van der Waals surface area (Å²) < 4.78 is 22.9. The third kappa shape index (κ3) is 4.44. The van der Waals surface area contributed by atoms with Crippen molar-refractivity contribution >= 4 is 65.8 Å². The van der Waals surface area contributed by atoms with Crippen LogP contribution < -0.4 is 18.0 Å². The molecule has 0 radical (unpaired) electrons. The van der Waals surface area contributed by atoms with Gasteiger partial charge in [0.1, 0.15) is 0 Å². The van der Waals surface area contributed by atoms with Gasteiger partial charge in [0.2, 0.25) is 0 Å². The molecule has 0 saturated carbocycles. The quantitative estimate of drug-likeness (QED) is 0.247. The van der Waals surface area contributed by atoms with Crippen LogP contribution in [0.15, 0.2) is 100 Å². The average molecular weight is 642 g/mol. The molecule has 4 aromatic carbocycles. The zero-order chi connectivity index (χ0) is 23.5. The standard InChI is InChI=1S/C15H13BrClNO3.2C6H5.Sn/c1-2-21-13-5-3-4-9(14(13)19)8-18-12-7-10(17)6-11(16)15(12)20;2*1-2-4-6-5-3-1;/h3-8,19-20H,2H2,1H3;2*1-5H;/q;;;+2/p-2. The molecule has 7 heteroatoms. The van der Waals surface area contributed by atoms with Gasteiger partial charge >= 0.3 is 219 Å². The Balaban J connectivity index is 1.87. The molecule has 5 rings (SSSR count). The Kier molecular flexibility index (Phi) is 6.86. The summed E-state index contributed by atoms with van der Waals surface area (Å²) in [6.45, 7) is 2.47. The molecule has 0 atom stereocenters. The molecule has 170 valence electrons. The van der Waals surface area contributed by atoms with Crippen molar-refractivity contribution in [2.45, 2.75) is 6.92 Å². The topological polar surface area (TPSA) is 40.0 Å². The molecule has 0 N–H and O–H groups in total. The van der Waals surface area contributed by atoms with Crippen molar-refractivity contribution in [1.29, 1.82) is 0 Å². The molecule has 0 unspecified atom stereocenters. The van der Waals surface area contributed by atoms with Crippen molar-refractivity contribution in [1.82, 2.24) is 0 Å². The third-order valence-corrected chi connectivity index (χ3v) is 15.3. The molecular weight excluding hydrogens is 620 g/mol. The first-order valence-electron chi connectivity index (χ1n) is 10.9. The normalized spacial score (nSPS) is 13.9. The van der Waals surface area contributed by atoms with Gasteiger partial charge in [-0.05, 0) is 0 Å². The maximum atomic E-state index is 7.12. The number of benzene rings is 4. The van der Waals surface area contributed by atoms with E-state index in [1.807, 2.05) is 73.7 Å². The first kappa shape index (κ1) is 23.3. The van der Waals surface area contributed by atoms with Crippen molar-refractivity contribution < 1.29 is 10.9 Å². The number of fused-ring (bicyclic) bond motifs is 2. The molecule has 1 aliphatic rings. The molecule has 1 heterocycles. The summed E-state index contributed by atoms with van der Waals surface area (Å²) in [6, 6.07) is 29.8. The van der Waals surface area contributed by atoms with Crippen LogP contribution in [0.4, 0.5) is 5.69 Å². The van der Waals surface area contributed by atoms with E-state index in [9.17, 15) is 0 Å². The van der Waals surface area contributed by atoms with Gasteiger partial charge in [-0.15, -0.1) is 0 Å². The van der Waals surface area contributed by atoms with Crippen LogP contribution in [0.1, 0.15) is 12.5 Å². The number of hydrogen-bond acceptors (Lipinski definition) is 4. The first-order chi connectivity index (χ1) is 16.6. The number of ether oxygens (including phenoxy) is 1. The van der Waals surface area contributed by atoms with E-state index in [1.54, 1.807) is 6.21 Å². The van der Waals surface area contributed by atoms with Gasteiger partial charge in [-0.2, -0.15) is 0 Å². The van der Waals surface area contributed by atoms with Crippen molar-refractivity contribution in [2.24, 2.45) is 4.99 Å². The van der Waals surface area contributed by atoms with Crippen molar-refractivity contribution in [3.8, 4) is 17.2 Å². The predicted molar refractivity (Wildman–Crippen MR) is 143 cm³/mol. The Labute approximate surface area is 217 Å². The minimum atomic E-state index is -4.44. The van der Waals surface area contributed by atoms with Gasteiger partial charge in [0.25, 0.3) is 0 Å². The summed E-state index contributed by atoms with van der Waals surface area (Å²) >= 11 is 5.61. The molecule has 1 aliphatic heterocycles. The number of aliphatic imine (C=N–C) groups is 1. The van der Waals surface area contributed by atoms with Crippen molar-refractivity contribution in [3.63, 3.8) is 0 Å². The van der Waals surface area contributed by atoms with Crippen molar-refractivity contribution in [3.05, 3.63) is 106 Å². The molecular formula is C27H21BrClNO3Sn. The second kappa shape index (κ2) is 10.0. The summed E-state index contributed by atoms with van der Waals surface area (Å²) in [5.74, 6) is 1.90. The van der Waals surface area contributed by atoms with E-state index >= 15 is 0 Å². The maximum absolute atomic E-state index is 7.12. The molecule has 0 aromatic heterocycles. The molecule has 34 heavy (non-hydrogen) atoms. The summed E-state index contributed by atoms with van der Waals surface area (Å²) in [6.07, 6.45) is 1.78. The Morgan fingerprint density at radius 1 is 0.853 bits per heavy atom. The Morgan fingerprint density at radius 2 is 1.50 bits per heavy atom. The fourth-order valence-corrected chi connectivity index (χ4v) is 14.1. The van der Waals surface area contributed by atoms with Crippen LogP contribution >= 0.6 is 27.5 Å². The molecule has 0 spiro atoms. The number of hydrogen-bond donors (Lipinski definition) is 0. The zero-order valence-electron chi connectivity index (χ0n) is 18.4. The number of halogens is 2.